The van der Waals surface area contributed by atoms with Crippen LogP contribution in [0.1, 0.15) is 17.2 Å². The predicted octanol–water partition coefficient (Wildman–Crippen LogP) is 1.34. The van der Waals surface area contributed by atoms with Crippen molar-refractivity contribution in [2.45, 2.75) is 13.0 Å². The van der Waals surface area contributed by atoms with Gasteiger partial charge in [-0.15, -0.1) is 0 Å². The summed E-state index contributed by atoms with van der Waals surface area (Å²) >= 11 is 0. The topological polar surface area (TPSA) is 70.7 Å². The number of carbonyl (C=O) groups excluding carboxylic acids is 1. The van der Waals surface area contributed by atoms with E-state index in [0.717, 1.165) is 5.56 Å². The number of halogens is 1. The molecule has 2 aromatic rings. The van der Waals surface area contributed by atoms with Crippen molar-refractivity contribution < 1.29 is 9.18 Å². The van der Waals surface area contributed by atoms with Crippen molar-refractivity contribution in [3.05, 3.63) is 59.9 Å². The van der Waals surface area contributed by atoms with Gasteiger partial charge in [-0.3, -0.25) is 9.89 Å². The highest BCUT2D eigenvalue weighted by molar-refractivity contribution is 5.86. The molecule has 0 aliphatic carbocycles. The van der Waals surface area contributed by atoms with Crippen molar-refractivity contribution in [2.75, 3.05) is 0 Å². The quantitative estimate of drug-likeness (QED) is 0.797. The molecule has 2 N–H and O–H groups in total. The van der Waals surface area contributed by atoms with Crippen LogP contribution in [-0.4, -0.2) is 21.1 Å². The Balaban J connectivity index is 1.95. The van der Waals surface area contributed by atoms with Crippen molar-refractivity contribution in [3.8, 4) is 0 Å². The Hall–Kier alpha value is -2.50. The van der Waals surface area contributed by atoms with Gasteiger partial charge >= 0.3 is 0 Å². The second-order valence-corrected chi connectivity index (χ2v) is 3.92. The van der Waals surface area contributed by atoms with Crippen LogP contribution in [0.4, 0.5) is 4.39 Å². The zero-order valence-corrected chi connectivity index (χ0v) is 10.2. The minimum atomic E-state index is -0.272. The van der Waals surface area contributed by atoms with Gasteiger partial charge < -0.3 is 5.32 Å². The molecule has 0 saturated carbocycles. The van der Waals surface area contributed by atoms with E-state index in [4.69, 9.17) is 0 Å². The Kier molecular flexibility index (Phi) is 4.02. The second-order valence-electron chi connectivity index (χ2n) is 3.92. The lowest BCUT2D eigenvalue weighted by Crippen LogP contribution is -2.20. The molecule has 0 bridgehead atoms. The normalized spacial score (nSPS) is 10.2. The average molecular weight is 260 g/mol. The van der Waals surface area contributed by atoms with E-state index in [1.165, 1.54) is 18.2 Å². The molecular formula is C13H13FN4O. The fourth-order valence-electron chi connectivity index (χ4n) is 1.52. The molecule has 2 rings (SSSR count). The van der Waals surface area contributed by atoms with Gasteiger partial charge in [0.05, 0.1) is 6.54 Å². The number of hydrogen-bond acceptors (Lipinski definition) is 3. The summed E-state index contributed by atoms with van der Waals surface area (Å²) in [5.41, 5.74) is 0.919. The zero-order chi connectivity index (χ0) is 13.7. The summed E-state index contributed by atoms with van der Waals surface area (Å²) in [5, 5.41) is 9.36. The summed E-state index contributed by atoms with van der Waals surface area (Å²) in [5.74, 6) is 0.616. The van der Waals surface area contributed by atoms with Crippen LogP contribution in [0, 0.1) is 5.82 Å². The van der Waals surface area contributed by atoms with E-state index in [1.807, 2.05) is 0 Å². The number of nitrogens with one attached hydrogen (secondary N) is 2. The molecule has 1 aromatic carbocycles. The standard InChI is InChI=1S/C13H13FN4O/c1-2-13(19)15-8-12-16-11(17-18-12)7-9-3-5-10(14)6-4-9/h2-6H,1,7-8H2,(H,15,19)(H,16,17,18). The molecule has 0 spiro atoms. The molecule has 0 saturated heterocycles. The van der Waals surface area contributed by atoms with Crippen LogP contribution >= 0.6 is 0 Å². The Morgan fingerprint density at radius 2 is 2.16 bits per heavy atom. The van der Waals surface area contributed by atoms with Crippen LogP contribution < -0.4 is 5.32 Å². The lowest BCUT2D eigenvalue weighted by molar-refractivity contribution is -0.116. The molecule has 5 nitrogen and oxygen atoms in total. The first-order valence-corrected chi connectivity index (χ1v) is 5.72. The first-order chi connectivity index (χ1) is 9.17. The zero-order valence-electron chi connectivity index (χ0n) is 10.2. The summed E-state index contributed by atoms with van der Waals surface area (Å²) in [7, 11) is 0. The second kappa shape index (κ2) is 5.90. The SMILES string of the molecule is C=CC(=O)NCc1nc(Cc2ccc(F)cc2)n[nH]1. The molecule has 98 valence electrons. The van der Waals surface area contributed by atoms with E-state index in [1.54, 1.807) is 12.1 Å². The molecule has 0 aliphatic rings. The van der Waals surface area contributed by atoms with Crippen LogP contribution in [0.15, 0.2) is 36.9 Å². The lowest BCUT2D eigenvalue weighted by atomic mass is 10.1. The fourth-order valence-corrected chi connectivity index (χ4v) is 1.52. The molecule has 19 heavy (non-hydrogen) atoms. The highest BCUT2D eigenvalue weighted by Crippen LogP contribution is 2.07. The van der Waals surface area contributed by atoms with E-state index in [2.05, 4.69) is 27.1 Å². The Labute approximate surface area is 109 Å². The molecule has 1 aromatic heterocycles. The number of carbonyl (C=O) groups is 1. The van der Waals surface area contributed by atoms with Crippen LogP contribution in [0.5, 0.6) is 0 Å². The third kappa shape index (κ3) is 3.74. The lowest BCUT2D eigenvalue weighted by Gasteiger charge is -1.97. The molecule has 0 atom stereocenters. The Morgan fingerprint density at radius 1 is 1.42 bits per heavy atom. The number of hydrogen-bond donors (Lipinski definition) is 2. The van der Waals surface area contributed by atoms with Gasteiger partial charge in [0.25, 0.3) is 0 Å². The van der Waals surface area contributed by atoms with Gasteiger partial charge in [-0.05, 0) is 23.8 Å². The number of aromatic nitrogens is 3. The molecule has 0 unspecified atom stereocenters. The highest BCUT2D eigenvalue weighted by atomic mass is 19.1. The molecule has 0 aliphatic heterocycles. The summed E-state index contributed by atoms with van der Waals surface area (Å²) in [6, 6.07) is 6.16. The number of benzene rings is 1. The first-order valence-electron chi connectivity index (χ1n) is 5.72. The maximum absolute atomic E-state index is 12.8. The van der Waals surface area contributed by atoms with Crippen molar-refractivity contribution in [1.82, 2.24) is 20.5 Å². The van der Waals surface area contributed by atoms with Gasteiger partial charge in [0, 0.05) is 6.42 Å². The maximum atomic E-state index is 12.8. The van der Waals surface area contributed by atoms with Crippen molar-refractivity contribution in [3.63, 3.8) is 0 Å². The molecular weight excluding hydrogens is 247 g/mol. The van der Waals surface area contributed by atoms with E-state index in [0.29, 0.717) is 18.1 Å². The van der Waals surface area contributed by atoms with Gasteiger partial charge in [0.2, 0.25) is 5.91 Å². The highest BCUT2D eigenvalue weighted by Gasteiger charge is 2.05. The maximum Gasteiger partial charge on any atom is 0.243 e. The molecule has 6 heteroatoms. The third-order valence-corrected chi connectivity index (χ3v) is 2.47. The number of rotatable bonds is 5. The van der Waals surface area contributed by atoms with Crippen LogP contribution in [-0.2, 0) is 17.8 Å². The van der Waals surface area contributed by atoms with Crippen LogP contribution in [0.2, 0.25) is 0 Å². The minimum absolute atomic E-state index is 0.265. The monoisotopic (exact) mass is 260 g/mol. The summed E-state index contributed by atoms with van der Waals surface area (Å²) in [6.07, 6.45) is 1.70. The Morgan fingerprint density at radius 3 is 2.84 bits per heavy atom. The van der Waals surface area contributed by atoms with Crippen LogP contribution in [0.3, 0.4) is 0 Å². The van der Waals surface area contributed by atoms with Gasteiger partial charge in [0.15, 0.2) is 5.82 Å². The third-order valence-electron chi connectivity index (χ3n) is 2.47. The first kappa shape index (κ1) is 12.9. The largest absolute Gasteiger partial charge is 0.345 e. The number of nitrogens with zero attached hydrogens (tertiary/aromatic N) is 2. The van der Waals surface area contributed by atoms with Crippen molar-refractivity contribution >= 4 is 5.91 Å². The molecule has 0 radical (unpaired) electrons. The summed E-state index contributed by atoms with van der Waals surface area (Å²) in [6.45, 7) is 3.62. The molecule has 0 fully saturated rings. The summed E-state index contributed by atoms with van der Waals surface area (Å²) < 4.78 is 12.8. The molecule has 1 heterocycles. The van der Waals surface area contributed by atoms with Crippen molar-refractivity contribution in [2.24, 2.45) is 0 Å². The van der Waals surface area contributed by atoms with Crippen LogP contribution in [0.25, 0.3) is 0 Å². The number of amides is 1. The van der Waals surface area contributed by atoms with Gasteiger partial charge in [-0.2, -0.15) is 5.10 Å². The van der Waals surface area contributed by atoms with E-state index in [9.17, 15) is 9.18 Å². The van der Waals surface area contributed by atoms with E-state index in [-0.39, 0.29) is 18.3 Å². The van der Waals surface area contributed by atoms with Gasteiger partial charge in [-0.25, -0.2) is 9.37 Å². The van der Waals surface area contributed by atoms with Gasteiger partial charge in [0.1, 0.15) is 11.6 Å². The van der Waals surface area contributed by atoms with E-state index < -0.39 is 0 Å². The Bertz CT molecular complexity index is 577. The smallest absolute Gasteiger partial charge is 0.243 e. The van der Waals surface area contributed by atoms with E-state index >= 15 is 0 Å². The number of aromatic amines is 1. The summed E-state index contributed by atoms with van der Waals surface area (Å²) in [4.78, 5) is 15.2. The minimum Gasteiger partial charge on any atom is -0.345 e. The number of H-pyrrole nitrogens is 1. The fraction of sp³-hybridized carbons (Fsp3) is 0.154. The average Bonchev–Trinajstić information content (AvgIpc) is 2.86. The molecule has 1 amide bonds. The van der Waals surface area contributed by atoms with Crippen molar-refractivity contribution in [1.29, 1.82) is 0 Å². The predicted molar refractivity (Wildman–Crippen MR) is 67.6 cm³/mol. The van der Waals surface area contributed by atoms with Gasteiger partial charge in [-0.1, -0.05) is 18.7 Å².